The van der Waals surface area contributed by atoms with Gasteiger partial charge in [-0.15, -0.1) is 0 Å². The van der Waals surface area contributed by atoms with Crippen LogP contribution in [-0.4, -0.2) is 73.8 Å². The highest BCUT2D eigenvalue weighted by atomic mass is 16.6. The Labute approximate surface area is 245 Å². The lowest BCUT2D eigenvalue weighted by atomic mass is 10.2. The fourth-order valence-electron chi connectivity index (χ4n) is 3.89. The number of ether oxygens (including phenoxy) is 3. The quantitative estimate of drug-likeness (QED) is 0.311. The van der Waals surface area contributed by atoms with E-state index in [1.165, 1.54) is 14.7 Å². The molecule has 0 bridgehead atoms. The summed E-state index contributed by atoms with van der Waals surface area (Å²) in [4.78, 5) is 42.7. The maximum atomic E-state index is 12.8. The van der Waals surface area contributed by atoms with Crippen LogP contribution >= 0.6 is 0 Å². The number of hydrogen-bond acceptors (Lipinski definition) is 6. The molecule has 3 aromatic rings. The lowest BCUT2D eigenvalue weighted by Crippen LogP contribution is -2.30. The summed E-state index contributed by atoms with van der Waals surface area (Å²) in [6.07, 6.45) is 9.12. The number of hydrogen-bond donors (Lipinski definition) is 0. The smallest absolute Gasteiger partial charge is 0.410 e. The number of carbonyl (C=O) groups is 3. The van der Waals surface area contributed by atoms with Gasteiger partial charge in [0.25, 0.3) is 0 Å². The largest absolute Gasteiger partial charge is 0.415 e. The van der Waals surface area contributed by atoms with Crippen molar-refractivity contribution in [1.29, 1.82) is 0 Å². The van der Waals surface area contributed by atoms with Gasteiger partial charge in [0.15, 0.2) is 0 Å². The number of nitrogens with zero attached hydrogens (tertiary/aromatic N) is 3. The summed E-state index contributed by atoms with van der Waals surface area (Å²) in [5.41, 5.74) is 2.05. The second-order valence-electron chi connectivity index (χ2n) is 9.57. The minimum atomic E-state index is -0.538. The van der Waals surface area contributed by atoms with Gasteiger partial charge in [0.1, 0.15) is 17.2 Å². The normalized spacial score (nSPS) is 17.8. The predicted molar refractivity (Wildman–Crippen MR) is 162 cm³/mol. The third-order valence-corrected chi connectivity index (χ3v) is 6.31. The summed E-state index contributed by atoms with van der Waals surface area (Å²) < 4.78 is 16.9. The fraction of sp³-hybridized carbons (Fsp3) is 0.182. The standard InChI is InChI=1S/C33H33N3O6/c1-34-22-10-16-25-13-5-8-20-29(25)41-32(38)36(3)24-12-18-27-15-6-9-21-30(27)42-33(39)35(2)23-11-17-26-14-4-7-19-28(26)40-31(34)37/h4-21H,22-24H2,1-3H3/b16-10-,17-11-,18-12-. The highest BCUT2D eigenvalue weighted by Gasteiger charge is 2.15. The number of likely N-dealkylation sites (N-methyl/N-ethyl adjacent to an activating group) is 3. The zero-order chi connectivity index (χ0) is 29.9. The maximum absolute atomic E-state index is 12.8. The molecule has 0 saturated carbocycles. The number of fused-ring (bicyclic) bond motifs is 3. The number of benzene rings is 3. The lowest BCUT2D eigenvalue weighted by molar-refractivity contribution is 0.166. The third kappa shape index (κ3) is 8.11. The van der Waals surface area contributed by atoms with E-state index < -0.39 is 18.3 Å². The summed E-state index contributed by atoms with van der Waals surface area (Å²) >= 11 is 0. The second-order valence-corrected chi connectivity index (χ2v) is 9.57. The van der Waals surface area contributed by atoms with E-state index in [1.54, 1.807) is 94.0 Å². The van der Waals surface area contributed by atoms with Crippen LogP contribution in [0, 0.1) is 0 Å². The van der Waals surface area contributed by atoms with Crippen molar-refractivity contribution in [3.63, 3.8) is 0 Å². The molecular formula is C33H33N3O6. The predicted octanol–water partition coefficient (Wildman–Crippen LogP) is 6.43. The first-order valence-corrected chi connectivity index (χ1v) is 13.4. The molecule has 0 unspecified atom stereocenters. The van der Waals surface area contributed by atoms with E-state index in [0.29, 0.717) is 33.9 Å². The minimum absolute atomic E-state index is 0.262. The van der Waals surface area contributed by atoms with Crippen LogP contribution in [0.5, 0.6) is 17.2 Å². The maximum Gasteiger partial charge on any atom is 0.415 e. The van der Waals surface area contributed by atoms with Crippen molar-refractivity contribution in [1.82, 2.24) is 14.7 Å². The van der Waals surface area contributed by atoms with Crippen molar-refractivity contribution < 1.29 is 28.6 Å². The Morgan fingerprint density at radius 2 is 0.714 bits per heavy atom. The van der Waals surface area contributed by atoms with Crippen LogP contribution in [0.25, 0.3) is 18.2 Å². The lowest BCUT2D eigenvalue weighted by Gasteiger charge is -2.17. The van der Waals surface area contributed by atoms with Crippen molar-refractivity contribution >= 4 is 36.5 Å². The van der Waals surface area contributed by atoms with Crippen LogP contribution in [0.15, 0.2) is 91.0 Å². The van der Waals surface area contributed by atoms with E-state index in [1.807, 2.05) is 36.4 Å². The molecule has 0 atom stereocenters. The first-order chi connectivity index (χ1) is 20.3. The van der Waals surface area contributed by atoms with E-state index in [9.17, 15) is 14.4 Å². The monoisotopic (exact) mass is 567 g/mol. The number of carbonyl (C=O) groups excluding carboxylic acids is 3. The molecule has 9 heteroatoms. The molecule has 0 spiro atoms. The molecule has 0 N–H and O–H groups in total. The Balaban J connectivity index is 1.61. The molecule has 0 fully saturated rings. The Morgan fingerprint density at radius 1 is 0.452 bits per heavy atom. The first-order valence-electron chi connectivity index (χ1n) is 13.4. The van der Waals surface area contributed by atoms with Gasteiger partial charge in [-0.1, -0.05) is 91.1 Å². The average Bonchev–Trinajstić information content (AvgIpc) is 2.99. The summed E-state index contributed by atoms with van der Waals surface area (Å²) in [5, 5.41) is 0. The SMILES string of the molecule is CN1C/C=C\c2ccccc2OC(=O)N(C)C/C=C\c2ccccc2OC(=O)N(C)C/C=C\c2ccccc2OC1=O. The van der Waals surface area contributed by atoms with Gasteiger partial charge in [0.05, 0.1) is 0 Å². The molecule has 9 nitrogen and oxygen atoms in total. The van der Waals surface area contributed by atoms with Crippen molar-refractivity contribution in [2.75, 3.05) is 40.8 Å². The molecule has 216 valence electrons. The summed E-state index contributed by atoms with van der Waals surface area (Å²) in [5.74, 6) is 1.16. The van der Waals surface area contributed by atoms with Crippen molar-refractivity contribution in [2.24, 2.45) is 0 Å². The van der Waals surface area contributed by atoms with Crippen LogP contribution in [-0.2, 0) is 0 Å². The molecule has 3 amide bonds. The molecule has 0 aliphatic carbocycles. The van der Waals surface area contributed by atoms with Crippen molar-refractivity contribution in [3.05, 3.63) is 108 Å². The van der Waals surface area contributed by atoms with E-state index in [0.717, 1.165) is 0 Å². The Hall–Kier alpha value is -5.31. The highest BCUT2D eigenvalue weighted by molar-refractivity contribution is 5.75. The van der Waals surface area contributed by atoms with E-state index in [-0.39, 0.29) is 19.6 Å². The average molecular weight is 568 g/mol. The van der Waals surface area contributed by atoms with Gasteiger partial charge in [0, 0.05) is 57.5 Å². The molecule has 1 heterocycles. The van der Waals surface area contributed by atoms with Gasteiger partial charge in [-0.05, 0) is 18.2 Å². The van der Waals surface area contributed by atoms with Crippen molar-refractivity contribution in [2.45, 2.75) is 0 Å². The van der Waals surface area contributed by atoms with Gasteiger partial charge < -0.3 is 28.9 Å². The molecule has 4 rings (SSSR count). The van der Waals surface area contributed by atoms with Crippen LogP contribution in [0.2, 0.25) is 0 Å². The van der Waals surface area contributed by atoms with Crippen LogP contribution in [0.1, 0.15) is 16.7 Å². The van der Waals surface area contributed by atoms with Crippen LogP contribution in [0.4, 0.5) is 14.4 Å². The van der Waals surface area contributed by atoms with Gasteiger partial charge in [-0.2, -0.15) is 0 Å². The zero-order valence-electron chi connectivity index (χ0n) is 23.8. The summed E-state index contributed by atoms with van der Waals surface area (Å²) in [7, 11) is 4.88. The van der Waals surface area contributed by atoms with Gasteiger partial charge in [-0.25, -0.2) is 14.4 Å². The molecule has 3 aromatic carbocycles. The van der Waals surface area contributed by atoms with Crippen LogP contribution < -0.4 is 14.2 Å². The zero-order valence-corrected chi connectivity index (χ0v) is 23.8. The van der Waals surface area contributed by atoms with Gasteiger partial charge in [0.2, 0.25) is 0 Å². The highest BCUT2D eigenvalue weighted by Crippen LogP contribution is 2.23. The molecule has 0 saturated heterocycles. The van der Waals surface area contributed by atoms with Crippen LogP contribution in [0.3, 0.4) is 0 Å². The number of rotatable bonds is 0. The Kier molecular flexibility index (Phi) is 10.1. The number of para-hydroxylation sites is 3. The molecule has 0 radical (unpaired) electrons. The fourth-order valence-corrected chi connectivity index (χ4v) is 3.89. The van der Waals surface area contributed by atoms with Crippen molar-refractivity contribution in [3.8, 4) is 17.2 Å². The third-order valence-electron chi connectivity index (χ3n) is 6.31. The molecular weight excluding hydrogens is 534 g/mol. The Bertz CT molecular complexity index is 1330. The second kappa shape index (κ2) is 14.4. The molecule has 1 aliphatic rings. The van der Waals surface area contributed by atoms with Gasteiger partial charge in [-0.3, -0.25) is 0 Å². The first kappa shape index (κ1) is 29.7. The molecule has 0 aromatic heterocycles. The van der Waals surface area contributed by atoms with E-state index in [2.05, 4.69) is 0 Å². The summed E-state index contributed by atoms with van der Waals surface area (Å²) in [6, 6.07) is 21.4. The molecule has 1 aliphatic heterocycles. The van der Waals surface area contributed by atoms with E-state index >= 15 is 0 Å². The number of amides is 3. The minimum Gasteiger partial charge on any atom is -0.410 e. The van der Waals surface area contributed by atoms with E-state index in [4.69, 9.17) is 14.2 Å². The molecule has 42 heavy (non-hydrogen) atoms. The van der Waals surface area contributed by atoms with Gasteiger partial charge >= 0.3 is 18.3 Å². The topological polar surface area (TPSA) is 88.6 Å². The summed E-state index contributed by atoms with van der Waals surface area (Å²) in [6.45, 7) is 0.786. The Morgan fingerprint density at radius 3 is 1.00 bits per heavy atom.